The fourth-order valence-corrected chi connectivity index (χ4v) is 7.73. The number of benzene rings is 2. The van der Waals surface area contributed by atoms with Crippen LogP contribution in [0.15, 0.2) is 59.0 Å². The maximum atomic E-state index is 13.2. The molecule has 2 aromatic carbocycles. The van der Waals surface area contributed by atoms with E-state index in [4.69, 9.17) is 4.74 Å². The Kier molecular flexibility index (Phi) is 5.84. The summed E-state index contributed by atoms with van der Waals surface area (Å²) < 4.78 is 7.08. The highest BCUT2D eigenvalue weighted by Gasteiger charge is 2.59. The van der Waals surface area contributed by atoms with Crippen molar-refractivity contribution in [2.24, 2.45) is 23.7 Å². The highest BCUT2D eigenvalue weighted by Crippen LogP contribution is 2.53. The van der Waals surface area contributed by atoms with Gasteiger partial charge < -0.3 is 10.1 Å². The molecule has 3 amide bonds. The topological polar surface area (TPSA) is 88.6 Å². The highest BCUT2D eigenvalue weighted by molar-refractivity contribution is 8.02. The Morgan fingerprint density at radius 1 is 1.14 bits per heavy atom. The van der Waals surface area contributed by atoms with Gasteiger partial charge in [0.05, 0.1) is 39.6 Å². The Bertz CT molecular complexity index is 1370. The second kappa shape index (κ2) is 9.05. The molecule has 2 heterocycles. The number of hydrogen-bond acceptors (Lipinski definition) is 7. The van der Waals surface area contributed by atoms with Gasteiger partial charge in [-0.2, -0.15) is 0 Å². The summed E-state index contributed by atoms with van der Waals surface area (Å²) in [7, 11) is 0. The number of imide groups is 1. The van der Waals surface area contributed by atoms with Crippen LogP contribution in [0.2, 0.25) is 0 Å². The number of hydrogen-bond donors (Lipinski definition) is 1. The first-order chi connectivity index (χ1) is 17.4. The third-order valence-electron chi connectivity index (χ3n) is 7.16. The summed E-state index contributed by atoms with van der Waals surface area (Å²) in [5.41, 5.74) is 2.09. The first-order valence-electron chi connectivity index (χ1n) is 12.1. The number of nitrogens with one attached hydrogen (secondary N) is 1. The van der Waals surface area contributed by atoms with Crippen LogP contribution in [0.25, 0.3) is 10.2 Å². The van der Waals surface area contributed by atoms with Gasteiger partial charge in [0, 0.05) is 5.69 Å². The summed E-state index contributed by atoms with van der Waals surface area (Å²) in [6.07, 6.45) is 5.12. The lowest BCUT2D eigenvalue weighted by molar-refractivity contribution is -0.123. The molecule has 1 N–H and O–H groups in total. The molecule has 1 saturated carbocycles. The van der Waals surface area contributed by atoms with E-state index in [1.807, 2.05) is 50.2 Å². The predicted molar refractivity (Wildman–Crippen MR) is 141 cm³/mol. The van der Waals surface area contributed by atoms with Gasteiger partial charge in [0.2, 0.25) is 17.7 Å². The first-order valence-corrected chi connectivity index (χ1v) is 13.8. The zero-order valence-corrected chi connectivity index (χ0v) is 21.5. The van der Waals surface area contributed by atoms with Crippen LogP contribution in [0.4, 0.5) is 11.4 Å². The van der Waals surface area contributed by atoms with Gasteiger partial charge >= 0.3 is 0 Å². The molecule has 0 unspecified atom stereocenters. The molecule has 36 heavy (non-hydrogen) atoms. The maximum absolute atomic E-state index is 13.2. The number of fused-ring (bicyclic) bond motifs is 6. The van der Waals surface area contributed by atoms with Crippen molar-refractivity contribution >= 4 is 62.4 Å². The van der Waals surface area contributed by atoms with Crippen LogP contribution in [0.3, 0.4) is 0 Å². The Morgan fingerprint density at radius 3 is 2.50 bits per heavy atom. The molecule has 2 fully saturated rings. The van der Waals surface area contributed by atoms with E-state index in [2.05, 4.69) is 22.5 Å². The summed E-state index contributed by atoms with van der Waals surface area (Å²) in [5.74, 6) is 0.415. The van der Waals surface area contributed by atoms with Crippen molar-refractivity contribution in [2.75, 3.05) is 16.8 Å². The smallest absolute Gasteiger partial charge is 0.238 e. The Hall–Kier alpha value is -3.17. The molecule has 184 valence electrons. The van der Waals surface area contributed by atoms with Gasteiger partial charge in [-0.15, -0.1) is 11.3 Å². The Morgan fingerprint density at radius 2 is 1.83 bits per heavy atom. The molecule has 9 heteroatoms. The van der Waals surface area contributed by atoms with Crippen LogP contribution >= 0.6 is 23.1 Å². The third-order valence-corrected chi connectivity index (χ3v) is 9.37. The SMILES string of the molecule is CCOc1ccc(NC(=O)[C@@H](C)Sc2nc3ccc(N4C(=O)[C@@H]5[C@H](C4=O)[C@H]4C=C[C@H]5C4)cc3s2)cc1. The number of allylic oxidation sites excluding steroid dienone is 2. The van der Waals surface area contributed by atoms with Gasteiger partial charge in [0.1, 0.15) is 5.75 Å². The van der Waals surface area contributed by atoms with E-state index in [-0.39, 0.29) is 46.6 Å². The van der Waals surface area contributed by atoms with Crippen molar-refractivity contribution < 1.29 is 19.1 Å². The van der Waals surface area contributed by atoms with E-state index < -0.39 is 0 Å². The zero-order chi connectivity index (χ0) is 25.0. The molecule has 2 bridgehead atoms. The number of nitrogens with zero attached hydrogens (tertiary/aromatic N) is 2. The largest absolute Gasteiger partial charge is 0.494 e. The number of rotatable bonds is 7. The first kappa shape index (κ1) is 23.2. The summed E-state index contributed by atoms with van der Waals surface area (Å²) in [6.45, 7) is 4.36. The van der Waals surface area contributed by atoms with Crippen LogP contribution in [-0.2, 0) is 14.4 Å². The van der Waals surface area contributed by atoms with Crippen LogP contribution in [0, 0.1) is 23.7 Å². The summed E-state index contributed by atoms with van der Waals surface area (Å²) in [5, 5.41) is 2.57. The lowest BCUT2D eigenvalue weighted by Crippen LogP contribution is -2.32. The van der Waals surface area contributed by atoms with E-state index in [0.717, 1.165) is 26.7 Å². The van der Waals surface area contributed by atoms with Crippen LogP contribution in [0.1, 0.15) is 20.3 Å². The van der Waals surface area contributed by atoms with Crippen molar-refractivity contribution in [2.45, 2.75) is 29.9 Å². The number of carbonyl (C=O) groups excluding carboxylic acids is 3. The van der Waals surface area contributed by atoms with Gasteiger partial charge in [-0.3, -0.25) is 14.4 Å². The quantitative estimate of drug-likeness (QED) is 0.265. The molecule has 2 aliphatic carbocycles. The van der Waals surface area contributed by atoms with Crippen molar-refractivity contribution in [1.82, 2.24) is 4.98 Å². The second-order valence-corrected chi connectivity index (χ2v) is 12.0. The van der Waals surface area contributed by atoms with Crippen LogP contribution in [-0.4, -0.2) is 34.6 Å². The van der Waals surface area contributed by atoms with Crippen molar-refractivity contribution in [3.63, 3.8) is 0 Å². The molecule has 0 radical (unpaired) electrons. The second-order valence-electron chi connectivity index (χ2n) is 9.35. The monoisotopic (exact) mass is 519 g/mol. The molecule has 3 aliphatic rings. The maximum Gasteiger partial charge on any atom is 0.238 e. The van der Waals surface area contributed by atoms with Crippen molar-refractivity contribution in [3.8, 4) is 5.75 Å². The van der Waals surface area contributed by atoms with Crippen LogP contribution in [0.5, 0.6) is 5.75 Å². The van der Waals surface area contributed by atoms with Crippen molar-refractivity contribution in [3.05, 3.63) is 54.6 Å². The van der Waals surface area contributed by atoms with Gasteiger partial charge in [0.25, 0.3) is 0 Å². The highest BCUT2D eigenvalue weighted by atomic mass is 32.2. The minimum atomic E-state index is -0.360. The molecule has 3 aromatic rings. The molecule has 6 rings (SSSR count). The number of thiazole rings is 1. The number of thioether (sulfide) groups is 1. The third kappa shape index (κ3) is 3.90. The zero-order valence-electron chi connectivity index (χ0n) is 19.8. The van der Waals surface area contributed by atoms with Gasteiger partial charge in [-0.05, 0) is 74.6 Å². The van der Waals surface area contributed by atoms with E-state index >= 15 is 0 Å². The molecule has 0 spiro atoms. The summed E-state index contributed by atoms with van der Waals surface area (Å²) in [6, 6.07) is 12.8. The fourth-order valence-electron chi connectivity index (χ4n) is 5.49. The van der Waals surface area contributed by atoms with Gasteiger partial charge in [-0.1, -0.05) is 23.9 Å². The number of aromatic nitrogens is 1. The summed E-state index contributed by atoms with van der Waals surface area (Å²) >= 11 is 2.85. The molecule has 1 saturated heterocycles. The lowest BCUT2D eigenvalue weighted by Gasteiger charge is -2.17. The number of ether oxygens (including phenoxy) is 1. The Labute approximate surface area is 216 Å². The average Bonchev–Trinajstić information content (AvgIpc) is 3.63. The van der Waals surface area contributed by atoms with Gasteiger partial charge in [-0.25, -0.2) is 9.88 Å². The predicted octanol–water partition coefficient (Wildman–Crippen LogP) is 5.13. The molecule has 7 nitrogen and oxygen atoms in total. The fraction of sp³-hybridized carbons (Fsp3) is 0.333. The van der Waals surface area contributed by atoms with E-state index in [1.54, 1.807) is 6.07 Å². The lowest BCUT2D eigenvalue weighted by atomic mass is 9.85. The molecular formula is C27H25N3O4S2. The number of anilines is 2. The molecule has 1 aliphatic heterocycles. The minimum Gasteiger partial charge on any atom is -0.494 e. The van der Waals surface area contributed by atoms with E-state index in [0.29, 0.717) is 18.0 Å². The minimum absolute atomic E-state index is 0.0834. The summed E-state index contributed by atoms with van der Waals surface area (Å²) in [4.78, 5) is 45.1. The molecular weight excluding hydrogens is 494 g/mol. The molecule has 5 atom stereocenters. The van der Waals surface area contributed by atoms with E-state index in [1.165, 1.54) is 28.0 Å². The number of amides is 3. The average molecular weight is 520 g/mol. The van der Waals surface area contributed by atoms with E-state index in [9.17, 15) is 14.4 Å². The van der Waals surface area contributed by atoms with Crippen LogP contribution < -0.4 is 15.0 Å². The standard InChI is InChI=1S/C27H25N3O4S2/c1-3-34-19-9-6-17(7-10-19)28-24(31)14(2)35-27-29-20-11-8-18(13-21(20)36-27)30-25(32)22-15-4-5-16(12-15)23(22)26(30)33/h4-11,13-16,22-23H,3,12H2,1-2H3,(H,28,31)/t14-,15+,16+,22-,23+/m1/s1. The Balaban J connectivity index is 1.15. The normalized spacial score (nSPS) is 25.0. The molecule has 1 aromatic heterocycles. The van der Waals surface area contributed by atoms with Gasteiger partial charge in [0.15, 0.2) is 4.34 Å². The number of carbonyl (C=O) groups is 3. The van der Waals surface area contributed by atoms with Crippen molar-refractivity contribution in [1.29, 1.82) is 0 Å².